The maximum Gasteiger partial charge on any atom is 0.178 e. The molecule has 3 heterocycles. The van der Waals surface area contributed by atoms with Crippen molar-refractivity contribution in [2.75, 3.05) is 10.6 Å². The van der Waals surface area contributed by atoms with Crippen LogP contribution in [0.2, 0.25) is 0 Å². The number of nitrogens with one attached hydrogen (secondary N) is 2. The number of benzene rings is 1. The number of hydrogen-bond acceptors (Lipinski definition) is 7. The fourth-order valence-electron chi connectivity index (χ4n) is 2.90. The highest BCUT2D eigenvalue weighted by Gasteiger charge is 2.23. The van der Waals surface area contributed by atoms with E-state index in [1.165, 1.54) is 0 Å². The van der Waals surface area contributed by atoms with Gasteiger partial charge < -0.3 is 10.6 Å². The van der Waals surface area contributed by atoms with Crippen LogP contribution in [-0.4, -0.2) is 25.6 Å². The van der Waals surface area contributed by atoms with Crippen molar-refractivity contribution in [1.29, 1.82) is 5.26 Å². The summed E-state index contributed by atoms with van der Waals surface area (Å²) in [5, 5.41) is 23.6. The zero-order valence-electron chi connectivity index (χ0n) is 14.3. The molecule has 0 bridgehead atoms. The summed E-state index contributed by atoms with van der Waals surface area (Å²) >= 11 is 1.60. The van der Waals surface area contributed by atoms with E-state index >= 15 is 0 Å². The largest absolute Gasteiger partial charge is 0.379 e. The first-order chi connectivity index (χ1) is 13.3. The first kappa shape index (κ1) is 15.8. The lowest BCUT2D eigenvalue weighted by Crippen LogP contribution is -2.07. The summed E-state index contributed by atoms with van der Waals surface area (Å²) in [7, 11) is 0. The van der Waals surface area contributed by atoms with Crippen LogP contribution in [0.5, 0.6) is 0 Å². The molecule has 7 nitrogen and oxygen atoms in total. The van der Waals surface area contributed by atoms with Gasteiger partial charge in [-0.2, -0.15) is 9.78 Å². The van der Waals surface area contributed by atoms with Crippen molar-refractivity contribution in [3.05, 3.63) is 53.8 Å². The van der Waals surface area contributed by atoms with Crippen LogP contribution in [0.3, 0.4) is 0 Å². The van der Waals surface area contributed by atoms with Crippen LogP contribution in [0.15, 0.2) is 48.1 Å². The van der Waals surface area contributed by atoms with Crippen molar-refractivity contribution in [2.45, 2.75) is 18.9 Å². The van der Waals surface area contributed by atoms with E-state index in [4.69, 9.17) is 0 Å². The summed E-state index contributed by atoms with van der Waals surface area (Å²) in [4.78, 5) is 8.71. The average Bonchev–Trinajstić information content (AvgIpc) is 3.18. The molecule has 0 saturated heterocycles. The van der Waals surface area contributed by atoms with Gasteiger partial charge in [0, 0.05) is 34.9 Å². The summed E-state index contributed by atoms with van der Waals surface area (Å²) in [5.41, 5.74) is 3.91. The molecule has 0 unspecified atom stereocenters. The van der Waals surface area contributed by atoms with Gasteiger partial charge in [-0.15, -0.1) is 16.4 Å². The molecule has 1 aliphatic rings. The lowest BCUT2D eigenvalue weighted by atomic mass is 10.2. The average molecular weight is 373 g/mol. The molecule has 3 aromatic heterocycles. The van der Waals surface area contributed by atoms with Crippen molar-refractivity contribution < 1.29 is 0 Å². The van der Waals surface area contributed by atoms with Crippen LogP contribution in [-0.2, 0) is 0 Å². The van der Waals surface area contributed by atoms with Crippen LogP contribution in [0.4, 0.5) is 17.2 Å². The molecule has 5 rings (SSSR count). The third kappa shape index (κ3) is 3.09. The number of aromatic nitrogens is 4. The summed E-state index contributed by atoms with van der Waals surface area (Å²) in [6.45, 7) is 0. The SMILES string of the molecule is N#Cc1cnc2c(NC3CC3)cc(Nc3cccc(-c4nccs4)c3)nn12. The Morgan fingerprint density at radius 1 is 1.22 bits per heavy atom. The van der Waals surface area contributed by atoms with Gasteiger partial charge in [-0.3, -0.25) is 0 Å². The minimum atomic E-state index is 0.407. The highest BCUT2D eigenvalue weighted by Crippen LogP contribution is 2.30. The molecule has 0 spiro atoms. The fraction of sp³-hybridized carbons (Fsp3) is 0.158. The van der Waals surface area contributed by atoms with Crippen LogP contribution in [0.25, 0.3) is 16.2 Å². The van der Waals surface area contributed by atoms with E-state index in [-0.39, 0.29) is 0 Å². The van der Waals surface area contributed by atoms with E-state index in [0.717, 1.165) is 34.8 Å². The molecule has 1 aliphatic carbocycles. The number of anilines is 3. The normalized spacial score (nSPS) is 13.4. The predicted octanol–water partition coefficient (Wildman–Crippen LogP) is 4.04. The van der Waals surface area contributed by atoms with E-state index in [2.05, 4.69) is 31.8 Å². The second kappa shape index (κ2) is 6.37. The molecule has 27 heavy (non-hydrogen) atoms. The Hall–Kier alpha value is -3.44. The minimum Gasteiger partial charge on any atom is -0.379 e. The van der Waals surface area contributed by atoms with Gasteiger partial charge in [-0.1, -0.05) is 12.1 Å². The zero-order chi connectivity index (χ0) is 18.2. The van der Waals surface area contributed by atoms with Gasteiger partial charge in [0.1, 0.15) is 11.1 Å². The van der Waals surface area contributed by atoms with Crippen molar-refractivity contribution in [3.8, 4) is 16.6 Å². The Bertz CT molecular complexity index is 1150. The number of rotatable bonds is 5. The van der Waals surface area contributed by atoms with Gasteiger partial charge in [-0.05, 0) is 25.0 Å². The highest BCUT2D eigenvalue weighted by molar-refractivity contribution is 7.13. The van der Waals surface area contributed by atoms with Crippen molar-refractivity contribution in [1.82, 2.24) is 19.6 Å². The Kier molecular flexibility index (Phi) is 3.73. The molecule has 0 amide bonds. The van der Waals surface area contributed by atoms with E-state index in [1.54, 1.807) is 28.2 Å². The quantitative estimate of drug-likeness (QED) is 0.549. The van der Waals surface area contributed by atoms with Crippen molar-refractivity contribution in [3.63, 3.8) is 0 Å². The van der Waals surface area contributed by atoms with Crippen LogP contribution >= 0.6 is 11.3 Å². The van der Waals surface area contributed by atoms with Gasteiger partial charge >= 0.3 is 0 Å². The molecular weight excluding hydrogens is 358 g/mol. The first-order valence-corrected chi connectivity index (χ1v) is 9.50. The minimum absolute atomic E-state index is 0.407. The lowest BCUT2D eigenvalue weighted by Gasteiger charge is -2.11. The van der Waals surface area contributed by atoms with Crippen molar-refractivity contribution >= 4 is 34.2 Å². The maximum absolute atomic E-state index is 9.33. The summed E-state index contributed by atoms with van der Waals surface area (Å²) < 4.78 is 1.58. The Labute approximate surface area is 159 Å². The summed E-state index contributed by atoms with van der Waals surface area (Å²) in [5.74, 6) is 0.649. The monoisotopic (exact) mass is 373 g/mol. The van der Waals surface area contributed by atoms with Gasteiger partial charge in [0.25, 0.3) is 0 Å². The molecule has 0 atom stereocenters. The molecule has 132 valence electrons. The number of thiazole rings is 1. The van der Waals surface area contributed by atoms with Gasteiger partial charge in [0.05, 0.1) is 11.9 Å². The molecule has 8 heteroatoms. The summed E-state index contributed by atoms with van der Waals surface area (Å²) in [6, 6.07) is 12.6. The van der Waals surface area contributed by atoms with Crippen molar-refractivity contribution in [2.24, 2.45) is 0 Å². The Balaban J connectivity index is 1.53. The second-order valence-corrected chi connectivity index (χ2v) is 7.29. The van der Waals surface area contributed by atoms with Gasteiger partial charge in [-0.25, -0.2) is 9.97 Å². The number of fused-ring (bicyclic) bond motifs is 1. The molecule has 0 aliphatic heterocycles. The molecule has 1 saturated carbocycles. The third-order valence-corrected chi connectivity index (χ3v) is 5.16. The number of nitriles is 1. The molecule has 1 aromatic carbocycles. The zero-order valence-corrected chi connectivity index (χ0v) is 15.1. The highest BCUT2D eigenvalue weighted by atomic mass is 32.1. The number of nitrogens with zero attached hydrogens (tertiary/aromatic N) is 5. The van der Waals surface area contributed by atoms with Crippen LogP contribution in [0.1, 0.15) is 18.5 Å². The number of hydrogen-bond donors (Lipinski definition) is 2. The Morgan fingerprint density at radius 2 is 2.15 bits per heavy atom. The fourth-order valence-corrected chi connectivity index (χ4v) is 3.54. The standard InChI is InChI=1S/C19H15N7S/c20-10-15-11-22-18-16(23-13-4-5-13)9-17(25-26(15)18)24-14-3-1-2-12(8-14)19-21-6-7-27-19/h1-3,6-9,11,13,23H,4-5H2,(H,24,25). The molecule has 4 aromatic rings. The first-order valence-electron chi connectivity index (χ1n) is 8.62. The van der Waals surface area contributed by atoms with Crippen LogP contribution < -0.4 is 10.6 Å². The van der Waals surface area contributed by atoms with E-state index < -0.39 is 0 Å². The van der Waals surface area contributed by atoms with E-state index in [9.17, 15) is 5.26 Å². The van der Waals surface area contributed by atoms with E-state index in [1.807, 2.05) is 35.7 Å². The lowest BCUT2D eigenvalue weighted by molar-refractivity contribution is 0.924. The number of imidazole rings is 1. The molecule has 0 radical (unpaired) electrons. The smallest absolute Gasteiger partial charge is 0.178 e. The van der Waals surface area contributed by atoms with Gasteiger partial charge in [0.15, 0.2) is 17.2 Å². The topological polar surface area (TPSA) is 90.9 Å². The second-order valence-electron chi connectivity index (χ2n) is 6.40. The third-order valence-electron chi connectivity index (χ3n) is 4.33. The predicted molar refractivity (Wildman–Crippen MR) is 105 cm³/mol. The van der Waals surface area contributed by atoms with Gasteiger partial charge in [0.2, 0.25) is 0 Å². The molecular formula is C19H15N7S. The Morgan fingerprint density at radius 3 is 2.93 bits per heavy atom. The van der Waals surface area contributed by atoms with E-state index in [0.29, 0.717) is 23.2 Å². The van der Waals surface area contributed by atoms with Crippen LogP contribution in [0, 0.1) is 11.3 Å². The summed E-state index contributed by atoms with van der Waals surface area (Å²) in [6.07, 6.45) is 5.65. The molecule has 2 N–H and O–H groups in total. The maximum atomic E-state index is 9.33. The molecule has 1 fully saturated rings.